The smallest absolute Gasteiger partial charge is 0.274 e. The Morgan fingerprint density at radius 3 is 2.86 bits per heavy atom. The highest BCUT2D eigenvalue weighted by Crippen LogP contribution is 2.28. The predicted octanol–water partition coefficient (Wildman–Crippen LogP) is 2.52. The van der Waals surface area contributed by atoms with Crippen molar-refractivity contribution in [3.05, 3.63) is 70.3 Å². The van der Waals surface area contributed by atoms with Crippen LogP contribution in [0.25, 0.3) is 22.2 Å². The summed E-state index contributed by atoms with van der Waals surface area (Å²) in [5.74, 6) is 0.250. The summed E-state index contributed by atoms with van der Waals surface area (Å²) in [4.78, 5) is 40.5. The first kappa shape index (κ1) is 18.5. The van der Waals surface area contributed by atoms with E-state index in [1.807, 2.05) is 26.0 Å². The Balaban J connectivity index is 1.68. The van der Waals surface area contributed by atoms with Gasteiger partial charge in [0.1, 0.15) is 17.7 Å². The number of amides is 1. The minimum Gasteiger partial charge on any atom is -0.357 e. The third-order valence-electron chi connectivity index (χ3n) is 4.88. The van der Waals surface area contributed by atoms with Crippen molar-refractivity contribution in [3.63, 3.8) is 0 Å². The van der Waals surface area contributed by atoms with E-state index in [0.29, 0.717) is 17.0 Å². The topological polar surface area (TPSA) is 106 Å². The summed E-state index contributed by atoms with van der Waals surface area (Å²) >= 11 is 0. The molecule has 0 unspecified atom stereocenters. The predicted molar refractivity (Wildman–Crippen MR) is 111 cm³/mol. The number of carbonyl (C=O) groups excluding carboxylic acids is 1. The highest BCUT2D eigenvalue weighted by atomic mass is 16.1. The van der Waals surface area contributed by atoms with Crippen molar-refractivity contribution in [2.75, 3.05) is 5.32 Å². The van der Waals surface area contributed by atoms with Gasteiger partial charge in [0.2, 0.25) is 5.91 Å². The van der Waals surface area contributed by atoms with Gasteiger partial charge in [0.25, 0.3) is 5.56 Å². The molecule has 0 spiro atoms. The number of H-pyrrole nitrogens is 1. The van der Waals surface area contributed by atoms with Crippen LogP contribution in [0.4, 0.5) is 5.82 Å². The number of hydrogen-bond acceptors (Lipinski definition) is 5. The standard InChI is InChI=1S/C21H20N6O2/c1-12-4-5-17(25-18(28)8-14-9-22-11-24-13(14)2)26-19(12)16-10-27(3)21(29)20-15(16)6-7-23-20/h4-7,9-11,23H,8H2,1-3H3,(H,25,26,28). The number of fused-ring (bicyclic) bond motifs is 1. The lowest BCUT2D eigenvalue weighted by atomic mass is 10.0. The summed E-state index contributed by atoms with van der Waals surface area (Å²) in [5, 5.41) is 3.64. The van der Waals surface area contributed by atoms with Crippen molar-refractivity contribution in [1.29, 1.82) is 0 Å². The van der Waals surface area contributed by atoms with Crippen molar-refractivity contribution >= 4 is 22.6 Å². The average molecular weight is 388 g/mol. The molecule has 4 aromatic rings. The van der Waals surface area contributed by atoms with Crippen molar-refractivity contribution < 1.29 is 4.79 Å². The Labute approximate surface area is 166 Å². The van der Waals surface area contributed by atoms with Gasteiger partial charge in [-0.2, -0.15) is 0 Å². The maximum Gasteiger partial charge on any atom is 0.274 e. The van der Waals surface area contributed by atoms with E-state index in [2.05, 4.69) is 25.3 Å². The molecule has 0 bridgehead atoms. The second-order valence-electron chi connectivity index (χ2n) is 6.95. The Morgan fingerprint density at radius 2 is 2.07 bits per heavy atom. The molecule has 0 radical (unpaired) electrons. The first-order valence-electron chi connectivity index (χ1n) is 9.14. The van der Waals surface area contributed by atoms with Crippen LogP contribution >= 0.6 is 0 Å². The number of aromatic nitrogens is 5. The van der Waals surface area contributed by atoms with Gasteiger partial charge in [-0.15, -0.1) is 0 Å². The van der Waals surface area contributed by atoms with Gasteiger partial charge in [-0.1, -0.05) is 6.07 Å². The minimum absolute atomic E-state index is 0.101. The van der Waals surface area contributed by atoms with Crippen LogP contribution in [0.15, 0.2) is 47.9 Å². The zero-order chi connectivity index (χ0) is 20.5. The van der Waals surface area contributed by atoms with Gasteiger partial charge in [-0.05, 0) is 31.5 Å². The molecular formula is C21H20N6O2. The maximum atomic E-state index is 12.5. The second-order valence-corrected chi connectivity index (χ2v) is 6.95. The molecule has 4 rings (SSSR count). The van der Waals surface area contributed by atoms with Gasteiger partial charge >= 0.3 is 0 Å². The molecule has 0 saturated carbocycles. The van der Waals surface area contributed by atoms with Crippen molar-refractivity contribution in [3.8, 4) is 11.3 Å². The molecule has 0 saturated heterocycles. The number of nitrogens with zero attached hydrogens (tertiary/aromatic N) is 4. The first-order chi connectivity index (χ1) is 13.9. The van der Waals surface area contributed by atoms with Gasteiger partial charge in [-0.3, -0.25) is 9.59 Å². The van der Waals surface area contributed by atoms with Gasteiger partial charge in [-0.25, -0.2) is 15.0 Å². The highest BCUT2D eigenvalue weighted by molar-refractivity contribution is 5.95. The van der Waals surface area contributed by atoms with Gasteiger partial charge in [0.05, 0.1) is 12.1 Å². The SMILES string of the molecule is Cc1ccc(NC(=O)Cc2cncnc2C)nc1-c1cn(C)c(=O)c2[nH]ccc12. The lowest BCUT2D eigenvalue weighted by Crippen LogP contribution is -2.18. The van der Waals surface area contributed by atoms with E-state index in [4.69, 9.17) is 0 Å². The van der Waals surface area contributed by atoms with Gasteiger partial charge < -0.3 is 14.9 Å². The molecule has 8 heteroatoms. The Hall–Kier alpha value is -3.81. The fraction of sp³-hybridized carbons (Fsp3) is 0.190. The molecule has 0 atom stereocenters. The highest BCUT2D eigenvalue weighted by Gasteiger charge is 2.15. The van der Waals surface area contributed by atoms with Crippen molar-refractivity contribution in [2.24, 2.45) is 7.05 Å². The number of anilines is 1. The first-order valence-corrected chi connectivity index (χ1v) is 9.14. The minimum atomic E-state index is -0.197. The largest absolute Gasteiger partial charge is 0.357 e. The van der Waals surface area contributed by atoms with Crippen LogP contribution in [-0.2, 0) is 18.3 Å². The number of carbonyl (C=O) groups is 1. The summed E-state index contributed by atoms with van der Waals surface area (Å²) in [7, 11) is 1.71. The van der Waals surface area contributed by atoms with E-state index >= 15 is 0 Å². The normalized spacial score (nSPS) is 11.0. The third-order valence-corrected chi connectivity index (χ3v) is 4.88. The lowest BCUT2D eigenvalue weighted by Gasteiger charge is -2.12. The van der Waals surface area contributed by atoms with Crippen LogP contribution in [0.3, 0.4) is 0 Å². The molecule has 29 heavy (non-hydrogen) atoms. The van der Waals surface area contributed by atoms with E-state index < -0.39 is 0 Å². The second kappa shape index (κ2) is 7.31. The molecule has 0 aliphatic heterocycles. The van der Waals surface area contributed by atoms with E-state index in [1.165, 1.54) is 10.9 Å². The van der Waals surface area contributed by atoms with E-state index in [0.717, 1.165) is 27.8 Å². The summed E-state index contributed by atoms with van der Waals surface area (Å²) < 4.78 is 1.53. The maximum absolute atomic E-state index is 12.5. The molecule has 4 aromatic heterocycles. The zero-order valence-electron chi connectivity index (χ0n) is 16.4. The Bertz CT molecular complexity index is 1290. The molecule has 8 nitrogen and oxygen atoms in total. The molecular weight excluding hydrogens is 368 g/mol. The molecule has 2 N–H and O–H groups in total. The molecule has 0 aliphatic rings. The van der Waals surface area contributed by atoms with Crippen LogP contribution < -0.4 is 10.9 Å². The summed E-state index contributed by atoms with van der Waals surface area (Å²) in [5.41, 5.74) is 4.44. The van der Waals surface area contributed by atoms with Crippen LogP contribution in [0.2, 0.25) is 0 Å². The summed E-state index contributed by atoms with van der Waals surface area (Å²) in [6.45, 7) is 3.79. The molecule has 146 valence electrons. The molecule has 0 aromatic carbocycles. The monoisotopic (exact) mass is 388 g/mol. The van der Waals surface area contributed by atoms with Gasteiger partial charge in [0.15, 0.2) is 0 Å². The summed E-state index contributed by atoms with van der Waals surface area (Å²) in [6.07, 6.45) is 6.77. The number of rotatable bonds is 4. The summed E-state index contributed by atoms with van der Waals surface area (Å²) in [6, 6.07) is 5.52. The fourth-order valence-corrected chi connectivity index (χ4v) is 3.28. The van der Waals surface area contributed by atoms with Gasteiger partial charge in [0, 0.05) is 47.8 Å². The molecule has 0 fully saturated rings. The van der Waals surface area contributed by atoms with E-state index in [9.17, 15) is 9.59 Å². The van der Waals surface area contributed by atoms with Crippen LogP contribution in [0.1, 0.15) is 16.8 Å². The van der Waals surface area contributed by atoms with Crippen LogP contribution in [0.5, 0.6) is 0 Å². The average Bonchev–Trinajstić information content (AvgIpc) is 3.18. The fourth-order valence-electron chi connectivity index (χ4n) is 3.28. The molecule has 1 amide bonds. The number of hydrogen-bond donors (Lipinski definition) is 2. The lowest BCUT2D eigenvalue weighted by molar-refractivity contribution is -0.115. The third kappa shape index (κ3) is 3.52. The molecule has 0 aliphatic carbocycles. The number of aromatic amines is 1. The number of pyridine rings is 2. The van der Waals surface area contributed by atoms with E-state index in [-0.39, 0.29) is 17.9 Å². The van der Waals surface area contributed by atoms with Crippen molar-refractivity contribution in [2.45, 2.75) is 20.3 Å². The van der Waals surface area contributed by atoms with Crippen LogP contribution in [-0.4, -0.2) is 30.4 Å². The van der Waals surface area contributed by atoms with Crippen LogP contribution in [0, 0.1) is 13.8 Å². The van der Waals surface area contributed by atoms with Crippen molar-refractivity contribution in [1.82, 2.24) is 24.5 Å². The number of aryl methyl sites for hydroxylation is 3. The van der Waals surface area contributed by atoms with E-state index in [1.54, 1.807) is 31.7 Å². The zero-order valence-corrected chi connectivity index (χ0v) is 16.4. The Morgan fingerprint density at radius 1 is 1.24 bits per heavy atom. The Kier molecular flexibility index (Phi) is 4.67. The number of nitrogens with one attached hydrogen (secondary N) is 2. The molecule has 4 heterocycles. The quantitative estimate of drug-likeness (QED) is 0.559.